The van der Waals surface area contributed by atoms with E-state index in [0.29, 0.717) is 16.7 Å². The molecule has 0 atom stereocenters. The van der Waals surface area contributed by atoms with E-state index in [4.69, 9.17) is 4.42 Å². The molecule has 3 rings (SSSR count). The molecule has 0 aliphatic heterocycles. The molecule has 2 N–H and O–H groups in total. The molecule has 0 spiro atoms. The number of nitrogens with one attached hydrogen (secondary N) is 2. The van der Waals surface area contributed by atoms with Crippen molar-refractivity contribution in [2.75, 3.05) is 10.6 Å². The lowest BCUT2D eigenvalue weighted by molar-refractivity contribution is 0.262. The van der Waals surface area contributed by atoms with Gasteiger partial charge in [0, 0.05) is 40.6 Å². The average Bonchev–Trinajstić information content (AvgIpc) is 3.22. The third-order valence-electron chi connectivity index (χ3n) is 3.34. The highest BCUT2D eigenvalue weighted by Crippen LogP contribution is 2.24. The summed E-state index contributed by atoms with van der Waals surface area (Å²) in [4.78, 5) is 25.2. The van der Waals surface area contributed by atoms with Crippen LogP contribution in [0.1, 0.15) is 37.3 Å². The molecule has 134 valence electrons. The molecule has 0 saturated heterocycles. The lowest BCUT2D eigenvalue weighted by Crippen LogP contribution is -2.19. The van der Waals surface area contributed by atoms with Crippen molar-refractivity contribution < 1.29 is 9.21 Å². The number of pyridine rings is 1. The van der Waals surface area contributed by atoms with E-state index in [1.807, 2.05) is 6.08 Å². The zero-order chi connectivity index (χ0) is 18.6. The lowest BCUT2D eigenvalue weighted by atomic mass is 9.94. The van der Waals surface area contributed by atoms with Crippen LogP contribution in [0.15, 0.2) is 41.3 Å². The highest BCUT2D eigenvalue weighted by molar-refractivity contribution is 7.16. The van der Waals surface area contributed by atoms with Gasteiger partial charge >= 0.3 is 6.03 Å². The number of carbonyl (C=O) groups excluding carboxylic acids is 1. The molecular weight excluding hydrogens is 350 g/mol. The van der Waals surface area contributed by atoms with Gasteiger partial charge < -0.3 is 9.73 Å². The molecule has 0 fully saturated rings. The van der Waals surface area contributed by atoms with Crippen molar-refractivity contribution in [2.24, 2.45) is 0 Å². The molecule has 0 aliphatic rings. The van der Waals surface area contributed by atoms with Crippen LogP contribution in [0.4, 0.5) is 15.6 Å². The quantitative estimate of drug-likeness (QED) is 0.699. The first kappa shape index (κ1) is 17.8. The van der Waals surface area contributed by atoms with Crippen molar-refractivity contribution in [3.05, 3.63) is 53.4 Å². The molecule has 0 radical (unpaired) electrons. The smallest absolute Gasteiger partial charge is 0.325 e. The molecular formula is C18H19N5O2S. The normalized spacial score (nSPS) is 11.7. The van der Waals surface area contributed by atoms with Gasteiger partial charge in [-0.1, -0.05) is 32.1 Å². The Morgan fingerprint density at radius 3 is 2.58 bits per heavy atom. The zero-order valence-corrected chi connectivity index (χ0v) is 15.5. The summed E-state index contributed by atoms with van der Waals surface area (Å²) in [6.45, 7) is 6.21. The van der Waals surface area contributed by atoms with Crippen LogP contribution in [0, 0.1) is 0 Å². The van der Waals surface area contributed by atoms with Crippen molar-refractivity contribution in [1.82, 2.24) is 15.0 Å². The van der Waals surface area contributed by atoms with Gasteiger partial charge in [0.1, 0.15) is 5.76 Å². The number of oxazole rings is 1. The van der Waals surface area contributed by atoms with Gasteiger partial charge in [-0.15, -0.1) is 0 Å². The summed E-state index contributed by atoms with van der Waals surface area (Å²) in [7, 11) is 0. The Hall–Kier alpha value is -3.00. The second-order valence-electron chi connectivity index (χ2n) is 6.53. The number of nitrogens with zero attached hydrogens (tertiary/aromatic N) is 3. The van der Waals surface area contributed by atoms with Crippen LogP contribution in [0.3, 0.4) is 0 Å². The second-order valence-corrected chi connectivity index (χ2v) is 7.59. The minimum absolute atomic E-state index is 0.0805. The molecule has 0 unspecified atom stereocenters. The van der Waals surface area contributed by atoms with Gasteiger partial charge in [-0.2, -0.15) is 0 Å². The van der Waals surface area contributed by atoms with Crippen molar-refractivity contribution in [3.8, 4) is 0 Å². The van der Waals surface area contributed by atoms with Crippen molar-refractivity contribution in [1.29, 1.82) is 0 Å². The number of hydrogen-bond acceptors (Lipinski definition) is 6. The Labute approximate surface area is 155 Å². The van der Waals surface area contributed by atoms with Crippen LogP contribution >= 0.6 is 11.3 Å². The highest BCUT2D eigenvalue weighted by atomic mass is 32.1. The van der Waals surface area contributed by atoms with Crippen molar-refractivity contribution >= 4 is 40.3 Å². The first-order chi connectivity index (χ1) is 12.4. The third kappa shape index (κ3) is 4.76. The largest absolute Gasteiger partial charge is 0.441 e. The number of thiazole rings is 1. The Bertz CT molecular complexity index is 909. The molecule has 0 aliphatic carbocycles. The van der Waals surface area contributed by atoms with Gasteiger partial charge in [-0.3, -0.25) is 10.3 Å². The van der Waals surface area contributed by atoms with Gasteiger partial charge in [-0.25, -0.2) is 14.8 Å². The van der Waals surface area contributed by atoms with Gasteiger partial charge in [0.25, 0.3) is 0 Å². The fourth-order valence-electron chi connectivity index (χ4n) is 1.98. The predicted molar refractivity (Wildman–Crippen MR) is 103 cm³/mol. The maximum atomic E-state index is 11.9. The van der Waals surface area contributed by atoms with E-state index in [-0.39, 0.29) is 11.4 Å². The predicted octanol–water partition coefficient (Wildman–Crippen LogP) is 4.64. The van der Waals surface area contributed by atoms with Crippen molar-refractivity contribution in [2.45, 2.75) is 26.2 Å². The van der Waals surface area contributed by atoms with Crippen LogP contribution in [-0.2, 0) is 5.41 Å². The topological polar surface area (TPSA) is 92.9 Å². The molecule has 3 heterocycles. The van der Waals surface area contributed by atoms with E-state index in [0.717, 1.165) is 10.6 Å². The van der Waals surface area contributed by atoms with Gasteiger partial charge in [0.05, 0.1) is 6.20 Å². The first-order valence-electron chi connectivity index (χ1n) is 7.98. The number of rotatable bonds is 4. The Kier molecular flexibility index (Phi) is 5.13. The summed E-state index contributed by atoms with van der Waals surface area (Å²) in [6, 6.07) is 3.05. The Morgan fingerprint density at radius 2 is 1.88 bits per heavy atom. The molecule has 0 bridgehead atoms. The number of amides is 2. The fraction of sp³-hybridized carbons (Fsp3) is 0.222. The average molecular weight is 369 g/mol. The van der Waals surface area contributed by atoms with Crippen LogP contribution in [0.25, 0.3) is 12.2 Å². The molecule has 8 heteroatoms. The molecule has 7 nitrogen and oxygen atoms in total. The van der Waals surface area contributed by atoms with Crippen molar-refractivity contribution in [3.63, 3.8) is 0 Å². The summed E-state index contributed by atoms with van der Waals surface area (Å²) in [5, 5.41) is 5.90. The Balaban J connectivity index is 1.59. The minimum Gasteiger partial charge on any atom is -0.441 e. The monoisotopic (exact) mass is 369 g/mol. The molecule has 0 saturated carbocycles. The van der Waals surface area contributed by atoms with Crippen LogP contribution < -0.4 is 10.6 Å². The van der Waals surface area contributed by atoms with E-state index in [1.165, 1.54) is 11.3 Å². The summed E-state index contributed by atoms with van der Waals surface area (Å²) >= 11 is 1.35. The molecule has 2 amide bonds. The Morgan fingerprint density at radius 1 is 1.12 bits per heavy atom. The van der Waals surface area contributed by atoms with Gasteiger partial charge in [-0.05, 0) is 18.2 Å². The maximum Gasteiger partial charge on any atom is 0.325 e. The van der Waals surface area contributed by atoms with E-state index in [1.54, 1.807) is 43.0 Å². The van der Waals surface area contributed by atoms with E-state index >= 15 is 0 Å². The lowest BCUT2D eigenvalue weighted by Gasteiger charge is -2.12. The summed E-state index contributed by atoms with van der Waals surface area (Å²) < 4.78 is 5.71. The molecule has 26 heavy (non-hydrogen) atoms. The van der Waals surface area contributed by atoms with Crippen LogP contribution in [0.2, 0.25) is 0 Å². The number of anilines is 2. The maximum absolute atomic E-state index is 11.9. The van der Waals surface area contributed by atoms with Crippen LogP contribution in [0.5, 0.6) is 0 Å². The van der Waals surface area contributed by atoms with Crippen LogP contribution in [-0.4, -0.2) is 21.0 Å². The SMILES string of the molecule is CC(C)(C)c1cnc(C=Cc2cnc(NC(=O)Nc3ccncc3)s2)o1. The summed E-state index contributed by atoms with van der Waals surface area (Å²) in [6.07, 6.45) is 10.3. The summed E-state index contributed by atoms with van der Waals surface area (Å²) in [5.74, 6) is 1.37. The van der Waals surface area contributed by atoms with Gasteiger partial charge in [0.2, 0.25) is 5.89 Å². The molecule has 0 aromatic carbocycles. The number of carbonyl (C=O) groups is 1. The third-order valence-corrected chi connectivity index (χ3v) is 4.21. The number of aromatic nitrogens is 3. The first-order valence-corrected chi connectivity index (χ1v) is 8.80. The highest BCUT2D eigenvalue weighted by Gasteiger charge is 2.18. The van der Waals surface area contributed by atoms with Gasteiger partial charge in [0.15, 0.2) is 5.13 Å². The number of urea groups is 1. The molecule has 3 aromatic heterocycles. The molecule has 3 aromatic rings. The zero-order valence-electron chi connectivity index (χ0n) is 14.7. The van der Waals surface area contributed by atoms with E-state index < -0.39 is 0 Å². The van der Waals surface area contributed by atoms with E-state index in [2.05, 4.69) is 46.4 Å². The van der Waals surface area contributed by atoms with E-state index in [9.17, 15) is 4.79 Å². The summed E-state index contributed by atoms with van der Waals surface area (Å²) in [5.41, 5.74) is 0.579. The fourth-order valence-corrected chi connectivity index (χ4v) is 2.69. The second kappa shape index (κ2) is 7.49. The minimum atomic E-state index is -0.358. The standard InChI is InChI=1S/C18H19N5O2S/c1-18(2,3)14-11-20-15(25-14)5-4-13-10-21-17(26-13)23-16(24)22-12-6-8-19-9-7-12/h4-11H,1-3H3,(H2,19,21,22,23,24). The number of hydrogen-bond donors (Lipinski definition) is 2.